The number of aliphatic hydroxyl groups is 1. The molecule has 2 heterocycles. The van der Waals surface area contributed by atoms with Crippen LogP contribution in [-0.2, 0) is 11.2 Å². The molecule has 172 valence electrons. The van der Waals surface area contributed by atoms with Gasteiger partial charge in [0.05, 0.1) is 17.1 Å². The zero-order valence-corrected chi connectivity index (χ0v) is 19.7. The predicted octanol–water partition coefficient (Wildman–Crippen LogP) is 5.30. The number of Topliss-reactive ketones (excluding diaryl/α,β-unsaturated/α-hetero) is 1. The molecule has 0 amide bonds. The Hall–Kier alpha value is -3.05. The number of nitrogens with zero attached hydrogens (tertiary/aromatic N) is 3. The van der Waals surface area contributed by atoms with Crippen LogP contribution in [0.3, 0.4) is 0 Å². The topological polar surface area (TPSA) is 66.3 Å². The summed E-state index contributed by atoms with van der Waals surface area (Å²) in [5, 5.41) is 8.88. The van der Waals surface area contributed by atoms with Gasteiger partial charge in [-0.3, -0.25) is 4.79 Å². The molecule has 5 nitrogen and oxygen atoms in total. The molecule has 0 saturated carbocycles. The number of anilines is 1. The molecule has 0 unspecified atom stereocenters. The highest BCUT2D eigenvalue weighted by molar-refractivity contribution is 5.80. The van der Waals surface area contributed by atoms with E-state index in [4.69, 9.17) is 15.1 Å². The smallest absolute Gasteiger partial charge is 0.158 e. The van der Waals surface area contributed by atoms with Gasteiger partial charge in [0.2, 0.25) is 0 Å². The van der Waals surface area contributed by atoms with E-state index in [9.17, 15) is 4.79 Å². The number of aliphatic hydroxyl groups excluding tert-OH is 1. The van der Waals surface area contributed by atoms with Crippen LogP contribution in [0, 0.1) is 13.8 Å². The molecule has 0 fully saturated rings. The molecular weight excluding hydrogens is 410 g/mol. The van der Waals surface area contributed by atoms with E-state index in [2.05, 4.69) is 67.3 Å². The second kappa shape index (κ2) is 10.7. The average Bonchev–Trinajstić information content (AvgIpc) is 2.84. The van der Waals surface area contributed by atoms with E-state index >= 15 is 0 Å². The van der Waals surface area contributed by atoms with Gasteiger partial charge >= 0.3 is 0 Å². The molecule has 3 aromatic rings. The lowest BCUT2D eigenvalue weighted by atomic mass is 10.0. The third-order valence-electron chi connectivity index (χ3n) is 6.30. The van der Waals surface area contributed by atoms with Crippen LogP contribution in [0.4, 0.5) is 5.82 Å². The number of aromatic nitrogens is 2. The van der Waals surface area contributed by atoms with Gasteiger partial charge in [-0.25, -0.2) is 9.97 Å². The van der Waals surface area contributed by atoms with Gasteiger partial charge in [-0.05, 0) is 39.5 Å². The number of benzene rings is 2. The standard InChI is InChI=1S/C28H33N3O2/c1-20-9-13-22(14-10-20)26-27(23-15-11-21(2)12-16-23)30-28-25(29-26)8-6-18-31(28)17-5-3-4-7-24(33)19-32/h9-16,32H,3-8,17-19H2,1-2H3. The highest BCUT2D eigenvalue weighted by Gasteiger charge is 2.23. The van der Waals surface area contributed by atoms with E-state index in [1.807, 2.05) is 0 Å². The first kappa shape index (κ1) is 23.1. The number of carbonyl (C=O) groups excluding carboxylic acids is 1. The van der Waals surface area contributed by atoms with Gasteiger partial charge in [0.15, 0.2) is 11.6 Å². The van der Waals surface area contributed by atoms with E-state index in [0.717, 1.165) is 79.2 Å². The number of unbranched alkanes of at least 4 members (excludes halogenated alkanes) is 2. The average molecular weight is 444 g/mol. The molecule has 33 heavy (non-hydrogen) atoms. The Morgan fingerprint density at radius 2 is 1.48 bits per heavy atom. The first-order valence-electron chi connectivity index (χ1n) is 12.0. The number of hydrogen-bond donors (Lipinski definition) is 1. The highest BCUT2D eigenvalue weighted by Crippen LogP contribution is 2.35. The lowest BCUT2D eigenvalue weighted by Crippen LogP contribution is -2.32. The van der Waals surface area contributed by atoms with Crippen molar-refractivity contribution in [2.75, 3.05) is 24.6 Å². The number of rotatable bonds is 9. The van der Waals surface area contributed by atoms with Crippen LogP contribution in [0.5, 0.6) is 0 Å². The van der Waals surface area contributed by atoms with Crippen molar-refractivity contribution in [3.8, 4) is 22.5 Å². The van der Waals surface area contributed by atoms with E-state index in [0.29, 0.717) is 6.42 Å². The monoisotopic (exact) mass is 443 g/mol. The van der Waals surface area contributed by atoms with Crippen LogP contribution < -0.4 is 4.90 Å². The second-order valence-corrected chi connectivity index (χ2v) is 9.02. The van der Waals surface area contributed by atoms with Gasteiger partial charge in [-0.1, -0.05) is 66.1 Å². The number of fused-ring (bicyclic) bond motifs is 1. The maximum Gasteiger partial charge on any atom is 0.158 e. The third kappa shape index (κ3) is 5.66. The van der Waals surface area contributed by atoms with Crippen LogP contribution in [0.2, 0.25) is 0 Å². The zero-order valence-electron chi connectivity index (χ0n) is 19.7. The molecular formula is C28H33N3O2. The van der Waals surface area contributed by atoms with Gasteiger partial charge in [0.25, 0.3) is 0 Å². The maximum atomic E-state index is 11.3. The second-order valence-electron chi connectivity index (χ2n) is 9.02. The molecule has 0 radical (unpaired) electrons. The van der Waals surface area contributed by atoms with Gasteiger partial charge in [-0.2, -0.15) is 0 Å². The minimum absolute atomic E-state index is 0.0736. The van der Waals surface area contributed by atoms with Crippen molar-refractivity contribution in [1.29, 1.82) is 0 Å². The fourth-order valence-corrected chi connectivity index (χ4v) is 4.35. The van der Waals surface area contributed by atoms with Crippen molar-refractivity contribution in [3.63, 3.8) is 0 Å². The largest absolute Gasteiger partial charge is 0.389 e. The Kier molecular flexibility index (Phi) is 7.50. The van der Waals surface area contributed by atoms with Crippen LogP contribution >= 0.6 is 0 Å². The van der Waals surface area contributed by atoms with Crippen molar-refractivity contribution in [3.05, 3.63) is 65.4 Å². The van der Waals surface area contributed by atoms with Crippen molar-refractivity contribution in [2.24, 2.45) is 0 Å². The van der Waals surface area contributed by atoms with E-state index in [1.165, 1.54) is 11.1 Å². The Morgan fingerprint density at radius 3 is 2.09 bits per heavy atom. The lowest BCUT2D eigenvalue weighted by Gasteiger charge is -2.30. The van der Waals surface area contributed by atoms with Gasteiger partial charge in [0, 0.05) is 30.6 Å². The van der Waals surface area contributed by atoms with Crippen LogP contribution in [0.1, 0.15) is 48.9 Å². The minimum atomic E-state index is -0.347. The summed E-state index contributed by atoms with van der Waals surface area (Å²) in [4.78, 5) is 24.1. The summed E-state index contributed by atoms with van der Waals surface area (Å²) < 4.78 is 0. The van der Waals surface area contributed by atoms with E-state index in [-0.39, 0.29) is 12.4 Å². The molecule has 0 atom stereocenters. The van der Waals surface area contributed by atoms with Crippen LogP contribution in [-0.4, -0.2) is 40.6 Å². The molecule has 0 spiro atoms. The molecule has 1 aliphatic rings. The van der Waals surface area contributed by atoms with Crippen molar-refractivity contribution < 1.29 is 9.90 Å². The van der Waals surface area contributed by atoms with Gasteiger partial charge in [-0.15, -0.1) is 0 Å². The molecule has 4 rings (SSSR count). The summed E-state index contributed by atoms with van der Waals surface area (Å²) in [6, 6.07) is 17.0. The van der Waals surface area contributed by atoms with Gasteiger partial charge < -0.3 is 10.0 Å². The van der Waals surface area contributed by atoms with E-state index < -0.39 is 0 Å². The Labute approximate surface area is 196 Å². The van der Waals surface area contributed by atoms with Gasteiger partial charge in [0.1, 0.15) is 6.61 Å². The van der Waals surface area contributed by atoms with Crippen LogP contribution in [0.25, 0.3) is 22.5 Å². The summed E-state index contributed by atoms with van der Waals surface area (Å²) in [5.41, 5.74) is 7.58. The number of aryl methyl sites for hydroxylation is 3. The number of carbonyl (C=O) groups is 1. The lowest BCUT2D eigenvalue weighted by molar-refractivity contribution is -0.121. The fraction of sp³-hybridized carbons (Fsp3) is 0.393. The zero-order chi connectivity index (χ0) is 23.2. The van der Waals surface area contributed by atoms with Crippen molar-refractivity contribution in [2.45, 2.75) is 52.4 Å². The normalized spacial score (nSPS) is 13.1. The maximum absolute atomic E-state index is 11.3. The Morgan fingerprint density at radius 1 is 0.879 bits per heavy atom. The molecule has 1 aromatic heterocycles. The van der Waals surface area contributed by atoms with Crippen LogP contribution in [0.15, 0.2) is 48.5 Å². The minimum Gasteiger partial charge on any atom is -0.389 e. The van der Waals surface area contributed by atoms with Crippen molar-refractivity contribution >= 4 is 11.6 Å². The summed E-state index contributed by atoms with van der Waals surface area (Å²) in [7, 11) is 0. The molecule has 0 aliphatic carbocycles. The summed E-state index contributed by atoms with van der Waals surface area (Å²) in [6.07, 6.45) is 5.27. The van der Waals surface area contributed by atoms with Crippen molar-refractivity contribution in [1.82, 2.24) is 9.97 Å². The Bertz CT molecular complexity index is 1090. The number of ketones is 1. The first-order chi connectivity index (χ1) is 16.0. The molecule has 0 saturated heterocycles. The van der Waals surface area contributed by atoms with E-state index in [1.54, 1.807) is 0 Å². The first-order valence-corrected chi connectivity index (χ1v) is 12.0. The highest BCUT2D eigenvalue weighted by atomic mass is 16.3. The molecule has 5 heteroatoms. The summed E-state index contributed by atoms with van der Waals surface area (Å²) in [6.45, 7) is 5.74. The molecule has 2 aromatic carbocycles. The third-order valence-corrected chi connectivity index (χ3v) is 6.30. The SMILES string of the molecule is Cc1ccc(-c2nc3c(nc2-c2ccc(C)cc2)N(CCCCCC(=O)CO)CCC3)cc1. The summed E-state index contributed by atoms with van der Waals surface area (Å²) in [5.74, 6) is 0.926. The summed E-state index contributed by atoms with van der Waals surface area (Å²) >= 11 is 0. The fourth-order valence-electron chi connectivity index (χ4n) is 4.35. The molecule has 1 N–H and O–H groups in total. The number of hydrogen-bond acceptors (Lipinski definition) is 5. The quantitative estimate of drug-likeness (QED) is 0.455. The molecule has 0 bridgehead atoms. The Balaban J connectivity index is 1.63. The molecule has 1 aliphatic heterocycles. The predicted molar refractivity (Wildman–Crippen MR) is 133 cm³/mol.